The molecule has 0 aliphatic carbocycles. The van der Waals surface area contributed by atoms with Crippen LogP contribution in [0.5, 0.6) is 0 Å². The molecular formula is C15H18ClNO3. The predicted molar refractivity (Wildman–Crippen MR) is 79.4 cm³/mol. The van der Waals surface area contributed by atoms with Crippen molar-refractivity contribution in [1.29, 1.82) is 0 Å². The summed E-state index contributed by atoms with van der Waals surface area (Å²) in [5.74, 6) is -0.849. The lowest BCUT2D eigenvalue weighted by molar-refractivity contribution is -0.143. The Morgan fingerprint density at radius 2 is 2.20 bits per heavy atom. The van der Waals surface area contributed by atoms with Crippen molar-refractivity contribution in [3.63, 3.8) is 0 Å². The van der Waals surface area contributed by atoms with Gasteiger partial charge in [0.2, 0.25) is 0 Å². The number of hydrogen-bond acceptors (Lipinski definition) is 3. The Morgan fingerprint density at radius 3 is 2.90 bits per heavy atom. The van der Waals surface area contributed by atoms with Crippen LogP contribution in [0.4, 0.5) is 0 Å². The summed E-state index contributed by atoms with van der Waals surface area (Å²) in [5, 5.41) is 3.26. The van der Waals surface area contributed by atoms with Crippen molar-refractivity contribution < 1.29 is 14.3 Å². The largest absolute Gasteiger partial charge is 0.452 e. The van der Waals surface area contributed by atoms with Gasteiger partial charge >= 0.3 is 5.97 Å². The van der Waals surface area contributed by atoms with Gasteiger partial charge in [-0.15, -0.1) is 0 Å². The molecule has 1 aromatic carbocycles. The van der Waals surface area contributed by atoms with Crippen molar-refractivity contribution >= 4 is 29.6 Å². The number of nitrogens with one attached hydrogen (secondary N) is 1. The van der Waals surface area contributed by atoms with Crippen LogP contribution in [-0.4, -0.2) is 25.0 Å². The summed E-state index contributed by atoms with van der Waals surface area (Å²) in [6, 6.07) is 7.07. The highest BCUT2D eigenvalue weighted by Gasteiger charge is 2.03. The fourth-order valence-corrected chi connectivity index (χ4v) is 1.61. The Balaban J connectivity index is 2.31. The molecule has 1 rings (SSSR count). The van der Waals surface area contributed by atoms with Crippen molar-refractivity contribution in [2.45, 2.75) is 19.8 Å². The minimum atomic E-state index is -0.560. The molecule has 20 heavy (non-hydrogen) atoms. The quantitative estimate of drug-likeness (QED) is 0.478. The molecule has 1 aromatic rings. The SMILES string of the molecule is CCCCNC(=O)COC(=O)/C=C/c1cccc(Cl)c1. The van der Waals surface area contributed by atoms with Crippen molar-refractivity contribution in [2.24, 2.45) is 0 Å². The van der Waals surface area contributed by atoms with Crippen LogP contribution in [0.1, 0.15) is 25.3 Å². The Hall–Kier alpha value is -1.81. The number of ether oxygens (including phenoxy) is 1. The predicted octanol–water partition coefficient (Wildman–Crippen LogP) is 2.81. The average molecular weight is 296 g/mol. The van der Waals surface area contributed by atoms with Crippen molar-refractivity contribution in [3.8, 4) is 0 Å². The van der Waals surface area contributed by atoms with E-state index in [0.717, 1.165) is 18.4 Å². The molecule has 1 N–H and O–H groups in total. The standard InChI is InChI=1S/C15H18ClNO3/c1-2-3-9-17-14(18)11-20-15(19)8-7-12-5-4-6-13(16)10-12/h4-8,10H,2-3,9,11H2,1H3,(H,17,18)/b8-7+. The monoisotopic (exact) mass is 295 g/mol. The summed E-state index contributed by atoms with van der Waals surface area (Å²) >= 11 is 5.82. The van der Waals surface area contributed by atoms with E-state index in [9.17, 15) is 9.59 Å². The van der Waals surface area contributed by atoms with Crippen LogP contribution in [0.15, 0.2) is 30.3 Å². The zero-order chi connectivity index (χ0) is 14.8. The molecule has 0 aliphatic rings. The van der Waals surface area contributed by atoms with Crippen LogP contribution in [0.2, 0.25) is 5.02 Å². The van der Waals surface area contributed by atoms with Gasteiger partial charge in [-0.05, 0) is 30.2 Å². The topological polar surface area (TPSA) is 55.4 Å². The summed E-state index contributed by atoms with van der Waals surface area (Å²) in [5.41, 5.74) is 0.793. The second-order valence-electron chi connectivity index (χ2n) is 4.20. The Kier molecular flexibility index (Phi) is 7.43. The summed E-state index contributed by atoms with van der Waals surface area (Å²) < 4.78 is 4.82. The summed E-state index contributed by atoms with van der Waals surface area (Å²) in [4.78, 5) is 22.7. The zero-order valence-corrected chi connectivity index (χ0v) is 12.2. The van der Waals surface area contributed by atoms with Crippen molar-refractivity contribution in [3.05, 3.63) is 40.9 Å². The Bertz CT molecular complexity index is 486. The van der Waals surface area contributed by atoms with E-state index in [0.29, 0.717) is 11.6 Å². The molecule has 0 bridgehead atoms. The third-order valence-corrected chi connectivity index (χ3v) is 2.69. The second kappa shape index (κ2) is 9.15. The van der Waals surface area contributed by atoms with Crippen molar-refractivity contribution in [1.82, 2.24) is 5.32 Å². The van der Waals surface area contributed by atoms with Gasteiger partial charge in [-0.3, -0.25) is 4.79 Å². The smallest absolute Gasteiger partial charge is 0.331 e. The number of hydrogen-bond donors (Lipinski definition) is 1. The maximum absolute atomic E-state index is 11.4. The molecular weight excluding hydrogens is 278 g/mol. The van der Waals surface area contributed by atoms with Crippen LogP contribution < -0.4 is 5.32 Å². The normalized spacial score (nSPS) is 10.5. The highest BCUT2D eigenvalue weighted by Crippen LogP contribution is 2.11. The number of rotatable bonds is 7. The van der Waals surface area contributed by atoms with E-state index in [-0.39, 0.29) is 12.5 Å². The van der Waals surface area contributed by atoms with Gasteiger partial charge in [-0.25, -0.2) is 4.79 Å². The molecule has 0 aliphatic heterocycles. The Labute approximate surface area is 123 Å². The summed E-state index contributed by atoms with van der Waals surface area (Å²) in [6.45, 7) is 2.38. The van der Waals surface area contributed by atoms with Crippen LogP contribution in [-0.2, 0) is 14.3 Å². The molecule has 0 saturated heterocycles. The van der Waals surface area contributed by atoms with Gasteiger partial charge in [0, 0.05) is 17.6 Å². The molecule has 0 spiro atoms. The summed E-state index contributed by atoms with van der Waals surface area (Å²) in [7, 11) is 0. The number of halogens is 1. The molecule has 0 heterocycles. The van der Waals surface area contributed by atoms with Gasteiger partial charge in [0.1, 0.15) is 0 Å². The van der Waals surface area contributed by atoms with E-state index < -0.39 is 5.97 Å². The van der Waals surface area contributed by atoms with Gasteiger partial charge in [-0.2, -0.15) is 0 Å². The number of benzene rings is 1. The maximum atomic E-state index is 11.4. The first-order valence-electron chi connectivity index (χ1n) is 6.49. The minimum absolute atomic E-state index is 0.261. The van der Waals surface area contributed by atoms with Gasteiger partial charge in [0.15, 0.2) is 6.61 Å². The van der Waals surface area contributed by atoms with Gasteiger partial charge in [0.25, 0.3) is 5.91 Å². The van der Waals surface area contributed by atoms with Crippen LogP contribution >= 0.6 is 11.6 Å². The van der Waals surface area contributed by atoms with Crippen LogP contribution in [0.25, 0.3) is 6.08 Å². The highest BCUT2D eigenvalue weighted by atomic mass is 35.5. The number of carbonyl (C=O) groups excluding carboxylic acids is 2. The Morgan fingerprint density at radius 1 is 1.40 bits per heavy atom. The molecule has 0 saturated carbocycles. The first kappa shape index (κ1) is 16.2. The minimum Gasteiger partial charge on any atom is -0.452 e. The number of unbranched alkanes of at least 4 members (excludes halogenated alkanes) is 1. The third-order valence-electron chi connectivity index (χ3n) is 2.46. The molecule has 0 fully saturated rings. The molecule has 4 nitrogen and oxygen atoms in total. The highest BCUT2D eigenvalue weighted by molar-refractivity contribution is 6.30. The summed E-state index contributed by atoms with van der Waals surface area (Å²) in [6.07, 6.45) is 4.77. The molecule has 5 heteroatoms. The molecule has 0 aromatic heterocycles. The van der Waals surface area contributed by atoms with E-state index >= 15 is 0 Å². The van der Waals surface area contributed by atoms with Gasteiger partial charge in [-0.1, -0.05) is 37.1 Å². The van der Waals surface area contributed by atoms with Crippen LogP contribution in [0.3, 0.4) is 0 Å². The number of esters is 1. The van der Waals surface area contributed by atoms with Gasteiger partial charge in [0.05, 0.1) is 0 Å². The van der Waals surface area contributed by atoms with E-state index in [1.165, 1.54) is 6.08 Å². The molecule has 1 amide bonds. The van der Waals surface area contributed by atoms with E-state index in [1.54, 1.807) is 24.3 Å². The molecule has 0 radical (unpaired) electrons. The fourth-order valence-electron chi connectivity index (χ4n) is 1.41. The van der Waals surface area contributed by atoms with Crippen LogP contribution in [0, 0.1) is 0 Å². The molecule has 0 unspecified atom stereocenters. The first-order chi connectivity index (χ1) is 9.61. The lowest BCUT2D eigenvalue weighted by Gasteiger charge is -2.04. The van der Waals surface area contributed by atoms with Gasteiger partial charge < -0.3 is 10.1 Å². The van der Waals surface area contributed by atoms with Crippen molar-refractivity contribution in [2.75, 3.05) is 13.2 Å². The maximum Gasteiger partial charge on any atom is 0.331 e. The average Bonchev–Trinajstić information content (AvgIpc) is 2.43. The zero-order valence-electron chi connectivity index (χ0n) is 11.4. The van der Waals surface area contributed by atoms with E-state index in [2.05, 4.69) is 5.32 Å². The second-order valence-corrected chi connectivity index (χ2v) is 4.64. The number of carbonyl (C=O) groups is 2. The third kappa shape index (κ3) is 6.95. The van der Waals surface area contributed by atoms with E-state index in [1.807, 2.05) is 13.0 Å². The molecule has 108 valence electrons. The van der Waals surface area contributed by atoms with E-state index in [4.69, 9.17) is 16.3 Å². The first-order valence-corrected chi connectivity index (χ1v) is 6.86. The molecule has 0 atom stereocenters. The number of amides is 1. The lowest BCUT2D eigenvalue weighted by atomic mass is 10.2. The lowest BCUT2D eigenvalue weighted by Crippen LogP contribution is -2.29. The fraction of sp³-hybridized carbons (Fsp3) is 0.333.